The molecule has 3 aliphatic rings. The van der Waals surface area contributed by atoms with Gasteiger partial charge in [0.05, 0.1) is 0 Å². The highest BCUT2D eigenvalue weighted by molar-refractivity contribution is 5.90. The van der Waals surface area contributed by atoms with Crippen LogP contribution in [-0.2, 0) is 4.79 Å². The Morgan fingerprint density at radius 1 is 0.971 bits per heavy atom. The van der Waals surface area contributed by atoms with Gasteiger partial charge in [-0.25, -0.2) is 14.8 Å². The van der Waals surface area contributed by atoms with Crippen molar-refractivity contribution in [2.45, 2.75) is 44.3 Å². The van der Waals surface area contributed by atoms with Gasteiger partial charge in [-0.15, -0.1) is 0 Å². The lowest BCUT2D eigenvalue weighted by Crippen LogP contribution is -2.49. The van der Waals surface area contributed by atoms with Crippen LogP contribution >= 0.6 is 0 Å². The summed E-state index contributed by atoms with van der Waals surface area (Å²) < 4.78 is 12.2. The van der Waals surface area contributed by atoms with E-state index < -0.39 is 5.79 Å². The fourth-order valence-corrected chi connectivity index (χ4v) is 4.69. The molecule has 1 spiro atoms. The van der Waals surface area contributed by atoms with Crippen LogP contribution in [0.25, 0.3) is 0 Å². The van der Waals surface area contributed by atoms with Crippen LogP contribution in [0.4, 0.5) is 16.4 Å². The van der Waals surface area contributed by atoms with Crippen LogP contribution < -0.4 is 25.0 Å². The number of ether oxygens (including phenoxy) is 2. The van der Waals surface area contributed by atoms with Crippen molar-refractivity contribution in [2.75, 3.05) is 42.9 Å². The predicted molar refractivity (Wildman–Crippen MR) is 126 cm³/mol. The van der Waals surface area contributed by atoms with Gasteiger partial charge in [0.2, 0.25) is 11.9 Å². The molecule has 0 bridgehead atoms. The van der Waals surface area contributed by atoms with Gasteiger partial charge >= 0.3 is 6.03 Å². The van der Waals surface area contributed by atoms with Gasteiger partial charge in [-0.2, -0.15) is 0 Å². The van der Waals surface area contributed by atoms with Crippen molar-refractivity contribution in [3.05, 3.63) is 36.7 Å². The molecule has 1 saturated heterocycles. The molecule has 0 atom stereocenters. The number of rotatable bonds is 5. The Hall–Kier alpha value is -3.56. The number of nitrogens with one attached hydrogen (secondary N) is 2. The number of hydrogen-bond donors (Lipinski definition) is 2. The first-order valence-electron chi connectivity index (χ1n) is 12.0. The molecule has 1 aliphatic carbocycles. The zero-order valence-corrected chi connectivity index (χ0v) is 19.2. The summed E-state index contributed by atoms with van der Waals surface area (Å²) in [5.41, 5.74) is 0.623. The summed E-state index contributed by atoms with van der Waals surface area (Å²) in [4.78, 5) is 37.3. The van der Waals surface area contributed by atoms with Gasteiger partial charge in [0.15, 0.2) is 11.5 Å². The van der Waals surface area contributed by atoms with Crippen LogP contribution in [-0.4, -0.2) is 65.3 Å². The number of urea groups is 1. The molecular formula is C24H30N6O4. The first kappa shape index (κ1) is 22.2. The van der Waals surface area contributed by atoms with Gasteiger partial charge in [-0.1, -0.05) is 6.42 Å². The van der Waals surface area contributed by atoms with Crippen LogP contribution in [0.3, 0.4) is 0 Å². The zero-order chi connectivity index (χ0) is 23.4. The van der Waals surface area contributed by atoms with Gasteiger partial charge < -0.3 is 29.9 Å². The maximum absolute atomic E-state index is 12.5. The molecule has 2 N–H and O–H groups in total. The first-order chi connectivity index (χ1) is 16.6. The third kappa shape index (κ3) is 5.00. The number of carbonyl (C=O) groups excluding carboxylic acids is 2. The average Bonchev–Trinajstić information content (AvgIpc) is 3.21. The normalized spacial score (nSPS) is 18.6. The Balaban J connectivity index is 1.04. The minimum atomic E-state index is -0.540. The minimum absolute atomic E-state index is 0.0230. The van der Waals surface area contributed by atoms with Crippen LogP contribution in [0.1, 0.15) is 38.5 Å². The molecule has 180 valence electrons. The number of benzene rings is 1. The SMILES string of the molecule is O=C(NCCC(=O)N1CCN(c2ncccn2)CC1)Nc1ccc2c(c1)OC1(CCCCC1)O2. The van der Waals surface area contributed by atoms with Crippen molar-refractivity contribution in [2.24, 2.45) is 0 Å². The molecule has 10 nitrogen and oxygen atoms in total. The Morgan fingerprint density at radius 3 is 2.47 bits per heavy atom. The van der Waals surface area contributed by atoms with E-state index in [1.54, 1.807) is 30.6 Å². The third-order valence-electron chi connectivity index (χ3n) is 6.50. The zero-order valence-electron chi connectivity index (χ0n) is 19.2. The Bertz CT molecular complexity index is 1020. The van der Waals surface area contributed by atoms with Crippen LogP contribution in [0.15, 0.2) is 36.7 Å². The number of amides is 3. The molecule has 1 aromatic carbocycles. The molecule has 1 aromatic heterocycles. The molecule has 3 heterocycles. The topological polar surface area (TPSA) is 109 Å². The smallest absolute Gasteiger partial charge is 0.319 e. The largest absolute Gasteiger partial charge is 0.448 e. The van der Waals surface area contributed by atoms with Crippen molar-refractivity contribution in [3.63, 3.8) is 0 Å². The summed E-state index contributed by atoms with van der Waals surface area (Å²) in [6.07, 6.45) is 8.84. The summed E-state index contributed by atoms with van der Waals surface area (Å²) in [7, 11) is 0. The minimum Gasteiger partial charge on any atom is -0.448 e. The average molecular weight is 467 g/mol. The number of carbonyl (C=O) groups is 2. The lowest BCUT2D eigenvalue weighted by Gasteiger charge is -2.34. The maximum atomic E-state index is 12.5. The van der Waals surface area contributed by atoms with Gasteiger partial charge in [0.1, 0.15) is 0 Å². The highest BCUT2D eigenvalue weighted by Gasteiger charge is 2.42. The van der Waals surface area contributed by atoms with Gasteiger partial charge in [-0.3, -0.25) is 4.79 Å². The Kier molecular flexibility index (Phi) is 6.37. The van der Waals surface area contributed by atoms with Crippen molar-refractivity contribution in [1.29, 1.82) is 0 Å². The molecule has 2 aromatic rings. The number of fused-ring (bicyclic) bond motifs is 1. The second kappa shape index (κ2) is 9.74. The standard InChI is InChI=1S/C24H30N6O4/c31-21(29-13-15-30(16-14-29)22-25-10-4-11-26-22)7-12-27-23(32)28-18-5-6-19-20(17-18)34-24(33-19)8-2-1-3-9-24/h4-6,10-11,17H,1-3,7-9,12-16H2,(H2,27,28,32). The van der Waals surface area contributed by atoms with E-state index in [0.29, 0.717) is 43.6 Å². The molecule has 2 fully saturated rings. The molecule has 2 aliphatic heterocycles. The van der Waals surface area contributed by atoms with E-state index in [0.717, 1.165) is 31.4 Å². The summed E-state index contributed by atoms with van der Waals surface area (Å²) in [6, 6.07) is 6.85. The van der Waals surface area contributed by atoms with Crippen molar-refractivity contribution >= 4 is 23.6 Å². The van der Waals surface area contributed by atoms with Crippen molar-refractivity contribution in [1.82, 2.24) is 20.2 Å². The third-order valence-corrected chi connectivity index (χ3v) is 6.50. The summed E-state index contributed by atoms with van der Waals surface area (Å²) >= 11 is 0. The number of anilines is 2. The maximum Gasteiger partial charge on any atom is 0.319 e. The molecule has 34 heavy (non-hydrogen) atoms. The van der Waals surface area contributed by atoms with Crippen molar-refractivity contribution < 1.29 is 19.1 Å². The van der Waals surface area contributed by atoms with E-state index in [-0.39, 0.29) is 24.9 Å². The van der Waals surface area contributed by atoms with Gasteiger partial charge in [-0.05, 0) is 31.0 Å². The van der Waals surface area contributed by atoms with Crippen LogP contribution in [0.2, 0.25) is 0 Å². The van der Waals surface area contributed by atoms with Crippen molar-refractivity contribution in [3.8, 4) is 11.5 Å². The Labute approximate surface area is 198 Å². The molecule has 3 amide bonds. The molecule has 10 heteroatoms. The first-order valence-corrected chi connectivity index (χ1v) is 12.0. The van der Waals surface area contributed by atoms with E-state index in [1.807, 2.05) is 11.0 Å². The summed E-state index contributed by atoms with van der Waals surface area (Å²) in [5.74, 6) is 1.55. The second-order valence-corrected chi connectivity index (χ2v) is 8.88. The summed E-state index contributed by atoms with van der Waals surface area (Å²) in [6.45, 7) is 2.87. The van der Waals surface area contributed by atoms with E-state index >= 15 is 0 Å². The lowest BCUT2D eigenvalue weighted by molar-refractivity contribution is -0.131. The number of piperazine rings is 1. The second-order valence-electron chi connectivity index (χ2n) is 8.88. The van der Waals surface area contributed by atoms with Crippen LogP contribution in [0.5, 0.6) is 11.5 Å². The highest BCUT2D eigenvalue weighted by Crippen LogP contribution is 2.46. The van der Waals surface area contributed by atoms with E-state index in [4.69, 9.17) is 9.47 Å². The van der Waals surface area contributed by atoms with E-state index in [1.165, 1.54) is 6.42 Å². The number of nitrogens with zero attached hydrogens (tertiary/aromatic N) is 4. The van der Waals surface area contributed by atoms with E-state index in [2.05, 4.69) is 25.5 Å². The highest BCUT2D eigenvalue weighted by atomic mass is 16.7. The molecule has 0 unspecified atom stereocenters. The number of aromatic nitrogens is 2. The van der Waals surface area contributed by atoms with E-state index in [9.17, 15) is 9.59 Å². The molecule has 0 radical (unpaired) electrons. The van der Waals surface area contributed by atoms with Crippen LogP contribution in [0, 0.1) is 0 Å². The quantitative estimate of drug-likeness (QED) is 0.697. The predicted octanol–water partition coefficient (Wildman–Crippen LogP) is 2.77. The fraction of sp³-hybridized carbons (Fsp3) is 0.500. The molecule has 1 saturated carbocycles. The fourth-order valence-electron chi connectivity index (χ4n) is 4.69. The summed E-state index contributed by atoms with van der Waals surface area (Å²) in [5, 5.41) is 5.57. The monoisotopic (exact) mass is 466 g/mol. The number of hydrogen-bond acceptors (Lipinski definition) is 7. The molecule has 5 rings (SSSR count). The van der Waals surface area contributed by atoms with Gasteiger partial charge in [0, 0.05) is 76.1 Å². The molecular weight excluding hydrogens is 436 g/mol. The Morgan fingerprint density at radius 2 is 1.71 bits per heavy atom. The lowest BCUT2D eigenvalue weighted by atomic mass is 9.94. The van der Waals surface area contributed by atoms with Gasteiger partial charge in [0.25, 0.3) is 5.79 Å².